The number of ether oxygens (including phenoxy) is 1. The fourth-order valence-corrected chi connectivity index (χ4v) is 1.25. The normalized spacial score (nSPS) is 11.9. The molecule has 8 nitrogen and oxygen atoms in total. The molecule has 8 heteroatoms. The third-order valence-corrected chi connectivity index (χ3v) is 2.18. The average molecular weight is 280 g/mol. The van der Waals surface area contributed by atoms with E-state index in [0.29, 0.717) is 17.3 Å². The predicted octanol–water partition coefficient (Wildman–Crippen LogP) is 1.40. The molecule has 110 valence electrons. The van der Waals surface area contributed by atoms with Gasteiger partial charge in [0.25, 0.3) is 0 Å². The molecule has 1 amide bonds. The van der Waals surface area contributed by atoms with E-state index in [2.05, 4.69) is 15.4 Å². The van der Waals surface area contributed by atoms with E-state index in [-0.39, 0.29) is 0 Å². The molecule has 0 saturated carbocycles. The average Bonchev–Trinajstić information content (AvgIpc) is 2.35. The van der Waals surface area contributed by atoms with Crippen molar-refractivity contribution in [1.29, 1.82) is 0 Å². The Morgan fingerprint density at radius 1 is 1.45 bits per heavy atom. The quantitative estimate of drug-likeness (QED) is 0.326. The van der Waals surface area contributed by atoms with E-state index in [0.717, 1.165) is 0 Å². The molecule has 0 saturated heterocycles. The predicted molar refractivity (Wildman–Crippen MR) is 78.1 cm³/mol. The second-order valence-corrected chi connectivity index (χ2v) is 5.08. The van der Waals surface area contributed by atoms with Gasteiger partial charge in [0, 0.05) is 0 Å². The highest BCUT2D eigenvalue weighted by molar-refractivity contribution is 5.94. The van der Waals surface area contributed by atoms with Crippen LogP contribution in [-0.4, -0.2) is 22.5 Å². The van der Waals surface area contributed by atoms with E-state index in [9.17, 15) is 4.79 Å². The molecule has 1 rings (SSSR count). The number of pyridine rings is 1. The lowest BCUT2D eigenvalue weighted by atomic mass is 10.2. The minimum atomic E-state index is -0.555. The topological polar surface area (TPSA) is 119 Å². The van der Waals surface area contributed by atoms with E-state index < -0.39 is 11.7 Å². The van der Waals surface area contributed by atoms with Gasteiger partial charge in [-0.25, -0.2) is 20.6 Å². The van der Waals surface area contributed by atoms with Gasteiger partial charge in [-0.2, -0.15) is 5.10 Å². The van der Waals surface area contributed by atoms with Gasteiger partial charge < -0.3 is 10.6 Å². The van der Waals surface area contributed by atoms with Gasteiger partial charge in [0.15, 0.2) is 0 Å². The molecule has 0 atom stereocenters. The summed E-state index contributed by atoms with van der Waals surface area (Å²) in [6.07, 6.45) is 0.916. The lowest BCUT2D eigenvalue weighted by molar-refractivity contribution is 0.0636. The standard InChI is InChI=1S/C12H20N6O2/c1-8(17-13)18(14)10-6-5-9(7-15-10)16-11(19)20-12(2,3)4/h5-7H,13-14H2,1-4H3,(H,16,19)/b17-8-. The summed E-state index contributed by atoms with van der Waals surface area (Å²) in [5.41, 5.74) is -0.0565. The molecule has 0 aromatic carbocycles. The minimum absolute atomic E-state index is 0.408. The molecule has 1 aromatic heterocycles. The van der Waals surface area contributed by atoms with Crippen molar-refractivity contribution in [2.45, 2.75) is 33.3 Å². The van der Waals surface area contributed by atoms with Crippen LogP contribution in [0.15, 0.2) is 23.4 Å². The van der Waals surface area contributed by atoms with Gasteiger partial charge >= 0.3 is 6.09 Å². The molecule has 0 fully saturated rings. The first-order chi connectivity index (χ1) is 9.23. The van der Waals surface area contributed by atoms with Gasteiger partial charge in [-0.05, 0) is 39.8 Å². The summed E-state index contributed by atoms with van der Waals surface area (Å²) in [4.78, 5) is 15.7. The zero-order chi connectivity index (χ0) is 15.3. The number of hydrazine groups is 1. The third-order valence-electron chi connectivity index (χ3n) is 2.18. The SMILES string of the molecule is C/C(=N/N)N(N)c1ccc(NC(=O)OC(C)(C)C)cn1. The number of hydrogen-bond acceptors (Lipinski definition) is 6. The first-order valence-electron chi connectivity index (χ1n) is 5.98. The van der Waals surface area contributed by atoms with Crippen LogP contribution in [0.2, 0.25) is 0 Å². The highest BCUT2D eigenvalue weighted by atomic mass is 16.6. The Labute approximate surface area is 117 Å². The molecule has 0 bridgehead atoms. The number of hydrogen-bond donors (Lipinski definition) is 3. The Kier molecular flexibility index (Phi) is 4.87. The monoisotopic (exact) mass is 280 g/mol. The van der Waals surface area contributed by atoms with Gasteiger partial charge in [-0.15, -0.1) is 0 Å². The highest BCUT2D eigenvalue weighted by Crippen LogP contribution is 2.14. The number of amides is 1. The number of anilines is 2. The van der Waals surface area contributed by atoms with Gasteiger partial charge in [-0.1, -0.05) is 0 Å². The maximum atomic E-state index is 11.6. The molecule has 0 spiro atoms. The molecule has 5 N–H and O–H groups in total. The summed E-state index contributed by atoms with van der Waals surface area (Å²) in [6, 6.07) is 3.28. The Morgan fingerprint density at radius 3 is 2.55 bits per heavy atom. The Morgan fingerprint density at radius 2 is 2.10 bits per heavy atom. The van der Waals surface area contributed by atoms with Crippen LogP contribution >= 0.6 is 0 Å². The largest absolute Gasteiger partial charge is 0.444 e. The van der Waals surface area contributed by atoms with Crippen molar-refractivity contribution in [1.82, 2.24) is 4.98 Å². The first kappa shape index (κ1) is 15.7. The molecular formula is C12H20N6O2. The van der Waals surface area contributed by atoms with E-state index in [1.807, 2.05) is 0 Å². The number of carbonyl (C=O) groups excluding carboxylic acids is 1. The molecule has 0 aliphatic heterocycles. The molecular weight excluding hydrogens is 260 g/mol. The summed E-state index contributed by atoms with van der Waals surface area (Å²) in [6.45, 7) is 7.01. The molecule has 1 aromatic rings. The maximum Gasteiger partial charge on any atom is 0.412 e. The molecule has 20 heavy (non-hydrogen) atoms. The number of nitrogens with zero attached hydrogens (tertiary/aromatic N) is 3. The summed E-state index contributed by atoms with van der Waals surface area (Å²) in [5.74, 6) is 11.7. The van der Waals surface area contributed by atoms with Gasteiger partial charge in [-0.3, -0.25) is 5.32 Å². The lowest BCUT2D eigenvalue weighted by Crippen LogP contribution is -2.37. The Hall–Kier alpha value is -2.35. The van der Waals surface area contributed by atoms with Crippen LogP contribution in [0.1, 0.15) is 27.7 Å². The van der Waals surface area contributed by atoms with Crippen LogP contribution in [0.3, 0.4) is 0 Å². The van der Waals surface area contributed by atoms with Crippen LogP contribution in [0.25, 0.3) is 0 Å². The van der Waals surface area contributed by atoms with Crippen molar-refractivity contribution in [2.75, 3.05) is 10.3 Å². The molecule has 0 radical (unpaired) electrons. The Balaban J connectivity index is 2.70. The summed E-state index contributed by atoms with van der Waals surface area (Å²) >= 11 is 0. The number of hydrazone groups is 1. The van der Waals surface area contributed by atoms with E-state index in [1.165, 1.54) is 11.2 Å². The second-order valence-electron chi connectivity index (χ2n) is 5.08. The van der Waals surface area contributed by atoms with Crippen molar-refractivity contribution in [3.63, 3.8) is 0 Å². The number of aromatic nitrogens is 1. The van der Waals surface area contributed by atoms with Crippen LogP contribution in [0.5, 0.6) is 0 Å². The van der Waals surface area contributed by atoms with Crippen LogP contribution in [-0.2, 0) is 4.74 Å². The second kappa shape index (κ2) is 6.20. The molecule has 0 aliphatic rings. The fourth-order valence-electron chi connectivity index (χ4n) is 1.25. The number of nitrogens with one attached hydrogen (secondary N) is 1. The molecule has 1 heterocycles. The van der Waals surface area contributed by atoms with Crippen LogP contribution in [0.4, 0.5) is 16.3 Å². The van der Waals surface area contributed by atoms with E-state index in [1.54, 1.807) is 39.8 Å². The van der Waals surface area contributed by atoms with Crippen LogP contribution in [0, 0.1) is 0 Å². The molecule has 0 aliphatic carbocycles. The summed E-state index contributed by atoms with van der Waals surface area (Å²) < 4.78 is 5.13. The van der Waals surface area contributed by atoms with E-state index in [4.69, 9.17) is 16.4 Å². The smallest absolute Gasteiger partial charge is 0.412 e. The molecule has 0 unspecified atom stereocenters. The number of nitrogens with two attached hydrogens (primary N) is 2. The highest BCUT2D eigenvalue weighted by Gasteiger charge is 2.16. The van der Waals surface area contributed by atoms with E-state index >= 15 is 0 Å². The lowest BCUT2D eigenvalue weighted by Gasteiger charge is -2.20. The maximum absolute atomic E-state index is 11.6. The minimum Gasteiger partial charge on any atom is -0.444 e. The van der Waals surface area contributed by atoms with Gasteiger partial charge in [0.2, 0.25) is 0 Å². The summed E-state index contributed by atoms with van der Waals surface area (Å²) in [5, 5.41) is 7.27. The Bertz CT molecular complexity index is 492. The van der Waals surface area contributed by atoms with Crippen LogP contribution < -0.4 is 22.0 Å². The zero-order valence-electron chi connectivity index (χ0n) is 12.0. The van der Waals surface area contributed by atoms with Crippen molar-refractivity contribution in [3.05, 3.63) is 18.3 Å². The van der Waals surface area contributed by atoms with Crippen molar-refractivity contribution < 1.29 is 9.53 Å². The van der Waals surface area contributed by atoms with Crippen molar-refractivity contribution >= 4 is 23.4 Å². The van der Waals surface area contributed by atoms with Crippen molar-refractivity contribution in [3.8, 4) is 0 Å². The zero-order valence-corrected chi connectivity index (χ0v) is 12.0. The third kappa shape index (κ3) is 4.73. The number of carbonyl (C=O) groups is 1. The summed E-state index contributed by atoms with van der Waals surface area (Å²) in [7, 11) is 0. The van der Waals surface area contributed by atoms with Crippen molar-refractivity contribution in [2.24, 2.45) is 16.8 Å². The number of rotatable bonds is 2. The number of amidine groups is 1. The first-order valence-corrected chi connectivity index (χ1v) is 5.98. The van der Waals surface area contributed by atoms with Gasteiger partial charge in [0.05, 0.1) is 11.9 Å². The fraction of sp³-hybridized carbons (Fsp3) is 0.417. The van der Waals surface area contributed by atoms with Gasteiger partial charge in [0.1, 0.15) is 17.3 Å².